The third kappa shape index (κ3) is 2.31. The Morgan fingerprint density at radius 3 is 2.79 bits per heavy atom. The van der Waals surface area contributed by atoms with Crippen LogP contribution < -0.4 is 11.1 Å². The largest absolute Gasteiger partial charge is 0.358 e. The van der Waals surface area contributed by atoms with Crippen molar-refractivity contribution >= 4 is 16.8 Å². The molecule has 0 saturated carbocycles. The molecule has 0 spiro atoms. The van der Waals surface area contributed by atoms with Crippen molar-refractivity contribution in [3.05, 3.63) is 70.4 Å². The summed E-state index contributed by atoms with van der Waals surface area (Å²) in [5.41, 5.74) is 12.7. The number of nitrogens with one attached hydrogen (secondary N) is 2. The Kier molecular flexibility index (Phi) is 3.43. The Balaban J connectivity index is 1.58. The van der Waals surface area contributed by atoms with Gasteiger partial charge in [0.25, 0.3) is 5.91 Å². The molecule has 0 aliphatic heterocycles. The maximum absolute atomic E-state index is 12.7. The number of nitrogens with two attached hydrogens (primary N) is 1. The number of hydrogen-bond acceptors (Lipinski definition) is 2. The zero-order valence-electron chi connectivity index (χ0n) is 13.9. The summed E-state index contributed by atoms with van der Waals surface area (Å²) in [6.45, 7) is 4.11. The molecule has 2 aromatic carbocycles. The first-order valence-electron chi connectivity index (χ1n) is 8.28. The highest BCUT2D eigenvalue weighted by atomic mass is 16.1. The molecular formula is C20H21N3O. The highest BCUT2D eigenvalue weighted by molar-refractivity contribution is 5.99. The summed E-state index contributed by atoms with van der Waals surface area (Å²) in [7, 11) is 0. The van der Waals surface area contributed by atoms with E-state index in [-0.39, 0.29) is 18.0 Å². The van der Waals surface area contributed by atoms with E-state index in [0.717, 1.165) is 28.6 Å². The molecule has 4 heteroatoms. The topological polar surface area (TPSA) is 70.9 Å². The number of aromatic nitrogens is 1. The van der Waals surface area contributed by atoms with Gasteiger partial charge in [0, 0.05) is 22.2 Å². The van der Waals surface area contributed by atoms with Gasteiger partial charge in [0.2, 0.25) is 0 Å². The molecule has 24 heavy (non-hydrogen) atoms. The predicted molar refractivity (Wildman–Crippen MR) is 96.1 cm³/mol. The number of carbonyl (C=O) groups excluding carboxylic acids is 1. The summed E-state index contributed by atoms with van der Waals surface area (Å²) in [4.78, 5) is 16.0. The lowest BCUT2D eigenvalue weighted by Gasteiger charge is -2.18. The lowest BCUT2D eigenvalue weighted by molar-refractivity contribution is 0.0933. The van der Waals surface area contributed by atoms with E-state index in [9.17, 15) is 4.79 Å². The third-order valence-corrected chi connectivity index (χ3v) is 5.17. The van der Waals surface area contributed by atoms with Crippen LogP contribution in [-0.4, -0.2) is 16.9 Å². The number of amides is 1. The summed E-state index contributed by atoms with van der Waals surface area (Å²) < 4.78 is 0. The first-order valence-corrected chi connectivity index (χ1v) is 8.28. The lowest BCUT2D eigenvalue weighted by atomic mass is 10.1. The van der Waals surface area contributed by atoms with Gasteiger partial charge in [0.05, 0.1) is 12.1 Å². The average Bonchev–Trinajstić information content (AvgIpc) is 3.05. The summed E-state index contributed by atoms with van der Waals surface area (Å²) >= 11 is 0. The second-order valence-corrected chi connectivity index (χ2v) is 6.64. The third-order valence-electron chi connectivity index (χ3n) is 5.17. The summed E-state index contributed by atoms with van der Waals surface area (Å²) in [5.74, 6) is -0.0663. The fraction of sp³-hybridized carbons (Fsp3) is 0.250. The van der Waals surface area contributed by atoms with Gasteiger partial charge in [-0.15, -0.1) is 0 Å². The summed E-state index contributed by atoms with van der Waals surface area (Å²) in [6, 6.07) is 13.7. The smallest absolute Gasteiger partial charge is 0.251 e. The van der Waals surface area contributed by atoms with E-state index in [1.54, 1.807) is 0 Å². The number of benzene rings is 2. The van der Waals surface area contributed by atoms with E-state index in [1.807, 2.05) is 43.3 Å². The Hall–Kier alpha value is -2.59. The molecule has 0 radical (unpaired) electrons. The quantitative estimate of drug-likeness (QED) is 0.679. The second-order valence-electron chi connectivity index (χ2n) is 6.64. The zero-order chi connectivity index (χ0) is 16.8. The molecule has 4 rings (SSSR count). The minimum atomic E-state index is -0.148. The van der Waals surface area contributed by atoms with Crippen LogP contribution in [0.15, 0.2) is 42.5 Å². The van der Waals surface area contributed by atoms with Crippen molar-refractivity contribution in [1.29, 1.82) is 0 Å². The van der Waals surface area contributed by atoms with Gasteiger partial charge in [-0.1, -0.05) is 24.3 Å². The van der Waals surface area contributed by atoms with E-state index in [0.29, 0.717) is 5.56 Å². The molecule has 4 N–H and O–H groups in total. The van der Waals surface area contributed by atoms with Gasteiger partial charge in [0.1, 0.15) is 0 Å². The monoisotopic (exact) mass is 319 g/mol. The Bertz CT molecular complexity index is 941. The van der Waals surface area contributed by atoms with Crippen LogP contribution in [0.2, 0.25) is 0 Å². The van der Waals surface area contributed by atoms with Gasteiger partial charge in [-0.2, -0.15) is 0 Å². The first kappa shape index (κ1) is 15.0. The molecule has 1 aliphatic carbocycles. The van der Waals surface area contributed by atoms with Gasteiger partial charge in [-0.3, -0.25) is 4.79 Å². The molecule has 0 unspecified atom stereocenters. The number of hydrogen-bond donors (Lipinski definition) is 3. The van der Waals surface area contributed by atoms with Crippen LogP contribution in [0.25, 0.3) is 10.9 Å². The van der Waals surface area contributed by atoms with E-state index in [4.69, 9.17) is 5.73 Å². The molecular weight excluding hydrogens is 298 g/mol. The number of aromatic amines is 1. The van der Waals surface area contributed by atoms with E-state index in [2.05, 4.69) is 23.3 Å². The molecule has 2 atom stereocenters. The van der Waals surface area contributed by atoms with Crippen molar-refractivity contribution in [2.75, 3.05) is 0 Å². The van der Waals surface area contributed by atoms with Gasteiger partial charge in [-0.25, -0.2) is 0 Å². The van der Waals surface area contributed by atoms with Gasteiger partial charge < -0.3 is 16.0 Å². The van der Waals surface area contributed by atoms with E-state index in [1.165, 1.54) is 11.1 Å². The number of fused-ring (bicyclic) bond motifs is 2. The minimum absolute atomic E-state index is 0.0559. The Labute approximate surface area is 141 Å². The van der Waals surface area contributed by atoms with Crippen molar-refractivity contribution in [3.8, 4) is 0 Å². The molecule has 1 amide bonds. The fourth-order valence-electron chi connectivity index (χ4n) is 3.62. The Morgan fingerprint density at radius 1 is 1.21 bits per heavy atom. The van der Waals surface area contributed by atoms with Crippen LogP contribution in [0, 0.1) is 13.8 Å². The standard InChI is InChI=1S/C20H21N3O/c1-11-12(2)22-17-8-7-14(9-16(11)17)20(24)23-18-10-13-5-3-4-6-15(13)19(18)21/h3-9,18-19,22H,10,21H2,1-2H3,(H,23,24)/t18-,19-/m0/s1. The normalized spacial score (nSPS) is 19.5. The molecule has 4 nitrogen and oxygen atoms in total. The molecule has 0 saturated heterocycles. The van der Waals surface area contributed by atoms with Crippen LogP contribution in [-0.2, 0) is 6.42 Å². The van der Waals surface area contributed by atoms with Crippen LogP contribution in [0.3, 0.4) is 0 Å². The number of aryl methyl sites for hydroxylation is 2. The van der Waals surface area contributed by atoms with Crippen LogP contribution in [0.5, 0.6) is 0 Å². The van der Waals surface area contributed by atoms with Gasteiger partial charge >= 0.3 is 0 Å². The van der Waals surface area contributed by atoms with E-state index >= 15 is 0 Å². The first-order chi connectivity index (χ1) is 11.5. The molecule has 1 aliphatic rings. The molecule has 1 heterocycles. The highest BCUT2D eigenvalue weighted by Crippen LogP contribution is 2.29. The number of carbonyl (C=O) groups is 1. The fourth-order valence-corrected chi connectivity index (χ4v) is 3.62. The molecule has 0 bridgehead atoms. The zero-order valence-corrected chi connectivity index (χ0v) is 13.9. The summed E-state index contributed by atoms with van der Waals surface area (Å²) in [6.07, 6.45) is 0.785. The van der Waals surface area contributed by atoms with Crippen molar-refractivity contribution in [3.63, 3.8) is 0 Å². The number of rotatable bonds is 2. The van der Waals surface area contributed by atoms with Crippen molar-refractivity contribution in [2.24, 2.45) is 5.73 Å². The number of H-pyrrole nitrogens is 1. The van der Waals surface area contributed by atoms with Gasteiger partial charge in [-0.05, 0) is 55.2 Å². The Morgan fingerprint density at radius 2 is 2.00 bits per heavy atom. The van der Waals surface area contributed by atoms with Crippen molar-refractivity contribution in [2.45, 2.75) is 32.4 Å². The van der Waals surface area contributed by atoms with Crippen molar-refractivity contribution in [1.82, 2.24) is 10.3 Å². The maximum atomic E-state index is 12.7. The molecule has 3 aromatic rings. The van der Waals surface area contributed by atoms with Crippen LogP contribution in [0.1, 0.15) is 38.8 Å². The second kappa shape index (κ2) is 5.49. The predicted octanol–water partition coefficient (Wildman–Crippen LogP) is 3.14. The minimum Gasteiger partial charge on any atom is -0.358 e. The highest BCUT2D eigenvalue weighted by Gasteiger charge is 2.30. The van der Waals surface area contributed by atoms with E-state index < -0.39 is 0 Å². The van der Waals surface area contributed by atoms with Crippen LogP contribution >= 0.6 is 0 Å². The lowest BCUT2D eigenvalue weighted by Crippen LogP contribution is -2.40. The maximum Gasteiger partial charge on any atom is 0.251 e. The SMILES string of the molecule is Cc1[nH]c2ccc(C(=O)N[C@H]3Cc4ccccc4[C@@H]3N)cc2c1C. The summed E-state index contributed by atoms with van der Waals surface area (Å²) in [5, 5.41) is 4.21. The molecule has 122 valence electrons. The van der Waals surface area contributed by atoms with Gasteiger partial charge in [0.15, 0.2) is 0 Å². The molecule has 1 aromatic heterocycles. The van der Waals surface area contributed by atoms with Crippen LogP contribution in [0.4, 0.5) is 0 Å². The molecule has 0 fully saturated rings. The average molecular weight is 319 g/mol. The van der Waals surface area contributed by atoms with Crippen molar-refractivity contribution < 1.29 is 4.79 Å².